The number of fused-ring (bicyclic) bond motifs is 2. The third-order valence-electron chi connectivity index (χ3n) is 5.80. The van der Waals surface area contributed by atoms with E-state index in [1.807, 2.05) is 16.8 Å². The van der Waals surface area contributed by atoms with E-state index in [1.54, 1.807) is 16.2 Å². The molecule has 1 aliphatic heterocycles. The van der Waals surface area contributed by atoms with E-state index in [2.05, 4.69) is 0 Å². The Morgan fingerprint density at radius 1 is 1.17 bits per heavy atom. The van der Waals surface area contributed by atoms with E-state index in [1.165, 1.54) is 0 Å². The third-order valence-corrected chi connectivity index (χ3v) is 6.50. The molecule has 1 amide bonds. The lowest BCUT2D eigenvalue weighted by Crippen LogP contribution is -2.39. The van der Waals surface area contributed by atoms with E-state index in [0.29, 0.717) is 18.9 Å². The topological polar surface area (TPSA) is 74.7 Å². The van der Waals surface area contributed by atoms with Crippen LogP contribution < -0.4 is 0 Å². The average Bonchev–Trinajstić information content (AvgIpc) is 3.27. The molecule has 5 nitrogen and oxygen atoms in total. The maximum absolute atomic E-state index is 12.8. The van der Waals surface area contributed by atoms with Gasteiger partial charge in [0.25, 0.3) is 0 Å². The van der Waals surface area contributed by atoms with Gasteiger partial charge in [0.05, 0.1) is 5.92 Å². The zero-order valence-electron chi connectivity index (χ0n) is 12.7. The second-order valence-electron chi connectivity index (χ2n) is 7.07. The van der Waals surface area contributed by atoms with Crippen LogP contribution in [0.3, 0.4) is 0 Å². The van der Waals surface area contributed by atoms with Gasteiger partial charge in [-0.15, -0.1) is 0 Å². The van der Waals surface area contributed by atoms with Gasteiger partial charge in [-0.1, -0.05) is 0 Å². The summed E-state index contributed by atoms with van der Waals surface area (Å²) >= 11 is 1.54. The van der Waals surface area contributed by atoms with E-state index in [9.17, 15) is 19.5 Å². The average molecular weight is 333 g/mol. The molecule has 0 unspecified atom stereocenters. The Morgan fingerprint density at radius 3 is 2.61 bits per heavy atom. The van der Waals surface area contributed by atoms with Crippen molar-refractivity contribution in [3.8, 4) is 0 Å². The van der Waals surface area contributed by atoms with E-state index in [4.69, 9.17) is 0 Å². The van der Waals surface area contributed by atoms with Gasteiger partial charge in [-0.2, -0.15) is 11.3 Å². The molecule has 1 aromatic rings. The lowest BCUT2D eigenvalue weighted by molar-refractivity contribution is -0.143. The molecule has 2 aliphatic carbocycles. The number of nitrogens with zero attached hydrogens (tertiary/aromatic N) is 1. The molecule has 1 aromatic heterocycles. The van der Waals surface area contributed by atoms with Crippen LogP contribution in [0.4, 0.5) is 0 Å². The molecule has 5 atom stereocenters. The molecule has 3 aliphatic rings. The molecule has 23 heavy (non-hydrogen) atoms. The Morgan fingerprint density at radius 2 is 2.00 bits per heavy atom. The monoisotopic (exact) mass is 333 g/mol. The fourth-order valence-corrected chi connectivity index (χ4v) is 5.39. The molecule has 2 heterocycles. The lowest BCUT2D eigenvalue weighted by Gasteiger charge is -2.25. The number of thiophene rings is 1. The molecular weight excluding hydrogens is 314 g/mol. The number of rotatable bonds is 3. The van der Waals surface area contributed by atoms with Crippen molar-refractivity contribution in [1.82, 2.24) is 4.90 Å². The predicted molar refractivity (Wildman–Crippen MR) is 84.1 cm³/mol. The van der Waals surface area contributed by atoms with Gasteiger partial charge in [-0.05, 0) is 41.1 Å². The van der Waals surface area contributed by atoms with E-state index in [-0.39, 0.29) is 36.0 Å². The summed E-state index contributed by atoms with van der Waals surface area (Å²) in [7, 11) is 0. The van der Waals surface area contributed by atoms with Crippen molar-refractivity contribution >= 4 is 29.0 Å². The maximum Gasteiger partial charge on any atom is 0.308 e. The highest BCUT2D eigenvalue weighted by atomic mass is 32.1. The summed E-state index contributed by atoms with van der Waals surface area (Å²) in [5.74, 6) is -1.28. The second kappa shape index (κ2) is 5.44. The molecule has 1 saturated heterocycles. The molecule has 1 N–H and O–H groups in total. The summed E-state index contributed by atoms with van der Waals surface area (Å²) in [6, 6.07) is 1.94. The van der Waals surface area contributed by atoms with Crippen molar-refractivity contribution in [3.63, 3.8) is 0 Å². The van der Waals surface area contributed by atoms with Crippen LogP contribution in [0.15, 0.2) is 16.8 Å². The number of aliphatic carboxylic acids is 1. The van der Waals surface area contributed by atoms with Gasteiger partial charge in [-0.25, -0.2) is 0 Å². The van der Waals surface area contributed by atoms with Crippen LogP contribution in [-0.2, 0) is 14.4 Å². The number of hydrogen-bond acceptors (Lipinski definition) is 4. The first-order chi connectivity index (χ1) is 11.0. The number of likely N-dealkylation sites (tertiary alicyclic amines) is 1. The molecular formula is C17H19NO4S. The van der Waals surface area contributed by atoms with Crippen LogP contribution in [0.25, 0.3) is 0 Å². The smallest absolute Gasteiger partial charge is 0.308 e. The first-order valence-corrected chi connectivity index (χ1v) is 9.05. The molecule has 0 radical (unpaired) electrons. The molecule has 2 bridgehead atoms. The quantitative estimate of drug-likeness (QED) is 0.918. The first-order valence-electron chi connectivity index (χ1n) is 8.11. The van der Waals surface area contributed by atoms with Crippen LogP contribution in [0, 0.1) is 23.7 Å². The molecule has 0 spiro atoms. The number of carbonyl (C=O) groups excluding carboxylic acids is 2. The fraction of sp³-hybridized carbons (Fsp3) is 0.588. The highest BCUT2D eigenvalue weighted by molar-refractivity contribution is 7.08. The SMILES string of the molecule is O=C1C[C@@H]2C[C@H]1[C@H](C(=O)N1C[C@@H](C(=O)O)[C@H](c3ccsc3)C1)C2. The zero-order valence-corrected chi connectivity index (χ0v) is 13.5. The van der Waals surface area contributed by atoms with E-state index in [0.717, 1.165) is 18.4 Å². The molecule has 3 fully saturated rings. The highest BCUT2D eigenvalue weighted by Gasteiger charge is 2.51. The minimum atomic E-state index is -0.847. The van der Waals surface area contributed by atoms with Crippen molar-refractivity contribution in [3.05, 3.63) is 22.4 Å². The number of hydrogen-bond donors (Lipinski definition) is 1. The Kier molecular flexibility index (Phi) is 3.52. The van der Waals surface area contributed by atoms with E-state index >= 15 is 0 Å². The number of carboxylic acids is 1. The lowest BCUT2D eigenvalue weighted by atomic mass is 9.87. The zero-order chi connectivity index (χ0) is 16.1. The predicted octanol–water partition coefficient (Wildman–Crippen LogP) is 1.99. The van der Waals surface area contributed by atoms with Gasteiger partial charge >= 0.3 is 5.97 Å². The standard InChI is InChI=1S/C17H19NO4S/c19-15-5-9-3-11(15)12(4-9)16(20)18-6-13(10-1-2-23-8-10)14(7-18)17(21)22/h1-2,8-9,11-14H,3-7H2,(H,21,22)/t9-,11+,12-,13+,14-/m1/s1. The van der Waals surface area contributed by atoms with Gasteiger partial charge in [0.15, 0.2) is 0 Å². The van der Waals surface area contributed by atoms with Crippen molar-refractivity contribution in [1.29, 1.82) is 0 Å². The fourth-order valence-electron chi connectivity index (χ4n) is 4.67. The number of carbonyl (C=O) groups is 3. The number of ketones is 1. The van der Waals surface area contributed by atoms with Gasteiger partial charge in [0, 0.05) is 37.3 Å². The summed E-state index contributed by atoms with van der Waals surface area (Å²) in [6.07, 6.45) is 2.27. The van der Waals surface area contributed by atoms with Crippen LogP contribution in [-0.4, -0.2) is 40.8 Å². The largest absolute Gasteiger partial charge is 0.481 e. The highest BCUT2D eigenvalue weighted by Crippen LogP contribution is 2.47. The van der Waals surface area contributed by atoms with E-state index < -0.39 is 11.9 Å². The molecule has 2 saturated carbocycles. The minimum absolute atomic E-state index is 0.00507. The summed E-state index contributed by atoms with van der Waals surface area (Å²) < 4.78 is 0. The third kappa shape index (κ3) is 2.40. The van der Waals surface area contributed by atoms with Gasteiger partial charge < -0.3 is 10.0 Å². The Labute approximate surface area is 138 Å². The van der Waals surface area contributed by atoms with Crippen LogP contribution in [0.1, 0.15) is 30.7 Å². The summed E-state index contributed by atoms with van der Waals surface area (Å²) in [5.41, 5.74) is 1.00. The Hall–Kier alpha value is -1.69. The van der Waals surface area contributed by atoms with Gasteiger partial charge in [0.1, 0.15) is 5.78 Å². The summed E-state index contributed by atoms with van der Waals surface area (Å²) in [4.78, 5) is 38.1. The van der Waals surface area contributed by atoms with Crippen molar-refractivity contribution < 1.29 is 19.5 Å². The van der Waals surface area contributed by atoms with Crippen molar-refractivity contribution in [2.45, 2.75) is 25.2 Å². The molecule has 4 rings (SSSR count). The first kappa shape index (κ1) is 14.9. The molecule has 122 valence electrons. The summed E-state index contributed by atoms with van der Waals surface area (Å²) in [6.45, 7) is 0.714. The second-order valence-corrected chi connectivity index (χ2v) is 7.85. The molecule has 6 heteroatoms. The normalized spacial score (nSPS) is 35.9. The Bertz CT molecular complexity index is 656. The molecule has 0 aromatic carbocycles. The maximum atomic E-state index is 12.8. The number of carboxylic acid groups (broad SMARTS) is 1. The van der Waals surface area contributed by atoms with Gasteiger partial charge in [-0.3, -0.25) is 14.4 Å². The van der Waals surface area contributed by atoms with Crippen molar-refractivity contribution in [2.75, 3.05) is 13.1 Å². The van der Waals surface area contributed by atoms with Crippen molar-refractivity contribution in [2.24, 2.45) is 23.7 Å². The minimum Gasteiger partial charge on any atom is -0.481 e. The van der Waals surface area contributed by atoms with Crippen LogP contribution in [0.5, 0.6) is 0 Å². The van der Waals surface area contributed by atoms with Gasteiger partial charge in [0.2, 0.25) is 5.91 Å². The number of Topliss-reactive ketones (excluding diaryl/α,β-unsaturated/α-hetero) is 1. The number of amides is 1. The van der Waals surface area contributed by atoms with Crippen LogP contribution >= 0.6 is 11.3 Å². The summed E-state index contributed by atoms with van der Waals surface area (Å²) in [5, 5.41) is 13.4. The Balaban J connectivity index is 1.53. The van der Waals surface area contributed by atoms with Crippen LogP contribution in [0.2, 0.25) is 0 Å².